The van der Waals surface area contributed by atoms with Crippen LogP contribution in [0.1, 0.15) is 68.3 Å². The summed E-state index contributed by atoms with van der Waals surface area (Å²) in [6.45, 7) is 10.3. The minimum absolute atomic E-state index is 0.291. The van der Waals surface area contributed by atoms with Gasteiger partial charge in [0, 0.05) is 15.8 Å². The second kappa shape index (κ2) is 5.75. The Morgan fingerprint density at radius 1 is 1.22 bits per heavy atom. The van der Waals surface area contributed by atoms with Crippen molar-refractivity contribution in [1.29, 1.82) is 0 Å². The van der Waals surface area contributed by atoms with Crippen LogP contribution in [0.2, 0.25) is 0 Å². The molecule has 1 aliphatic rings. The molecule has 1 unspecified atom stereocenters. The van der Waals surface area contributed by atoms with E-state index >= 15 is 0 Å². The van der Waals surface area contributed by atoms with E-state index in [4.69, 9.17) is 0 Å². The molecule has 1 nitrogen and oxygen atoms in total. The lowest BCUT2D eigenvalue weighted by Crippen LogP contribution is -2.31. The highest BCUT2D eigenvalue weighted by atomic mass is 32.1. The fraction of sp³-hybridized carbons (Fsp3) is 0.750. The van der Waals surface area contributed by atoms with Gasteiger partial charge in [-0.05, 0) is 49.3 Å². The van der Waals surface area contributed by atoms with Gasteiger partial charge in [-0.3, -0.25) is 0 Å². The Morgan fingerprint density at radius 2 is 1.94 bits per heavy atom. The van der Waals surface area contributed by atoms with E-state index in [1.54, 1.807) is 15.3 Å². The average molecular weight is 265 g/mol. The maximum Gasteiger partial charge on any atom is 0.0464 e. The van der Waals surface area contributed by atoms with Crippen LogP contribution in [0.15, 0.2) is 6.07 Å². The third-order valence-corrected chi connectivity index (χ3v) is 5.13. The van der Waals surface area contributed by atoms with Crippen LogP contribution in [0.4, 0.5) is 0 Å². The summed E-state index contributed by atoms with van der Waals surface area (Å²) in [5.41, 5.74) is 1.93. The Hall–Kier alpha value is -0.340. The van der Waals surface area contributed by atoms with E-state index in [1.165, 1.54) is 32.1 Å². The van der Waals surface area contributed by atoms with Gasteiger partial charge in [-0.25, -0.2) is 0 Å². The minimum atomic E-state index is 0.291. The predicted octanol–water partition coefficient (Wildman–Crippen LogP) is 4.71. The van der Waals surface area contributed by atoms with Crippen LogP contribution in [0.5, 0.6) is 0 Å². The second-order valence-electron chi connectivity index (χ2n) is 6.51. The van der Waals surface area contributed by atoms with Gasteiger partial charge in [-0.15, -0.1) is 11.3 Å². The number of nitrogens with one attached hydrogen (secondary N) is 1. The van der Waals surface area contributed by atoms with E-state index in [1.807, 2.05) is 0 Å². The van der Waals surface area contributed by atoms with Gasteiger partial charge in [-0.2, -0.15) is 0 Å². The van der Waals surface area contributed by atoms with Gasteiger partial charge < -0.3 is 5.32 Å². The fourth-order valence-corrected chi connectivity index (χ4v) is 4.45. The highest BCUT2D eigenvalue weighted by Crippen LogP contribution is 2.39. The monoisotopic (exact) mass is 265 g/mol. The molecule has 2 rings (SSSR count). The molecule has 0 bridgehead atoms. The second-order valence-corrected chi connectivity index (χ2v) is 7.68. The lowest BCUT2D eigenvalue weighted by Gasteiger charge is -2.30. The number of aryl methyl sites for hydroxylation is 2. The first kappa shape index (κ1) is 14.1. The first-order chi connectivity index (χ1) is 8.52. The van der Waals surface area contributed by atoms with Gasteiger partial charge in [0.15, 0.2) is 0 Å². The Bertz CT molecular complexity index is 363. The molecule has 1 aliphatic carbocycles. The zero-order valence-electron chi connectivity index (χ0n) is 12.3. The van der Waals surface area contributed by atoms with Crippen molar-refractivity contribution in [2.45, 2.75) is 65.8 Å². The summed E-state index contributed by atoms with van der Waals surface area (Å²) < 4.78 is 0. The molecule has 18 heavy (non-hydrogen) atoms. The van der Waals surface area contributed by atoms with Crippen LogP contribution in [0.3, 0.4) is 0 Å². The van der Waals surface area contributed by atoms with E-state index in [9.17, 15) is 0 Å². The molecule has 1 atom stereocenters. The number of hydrogen-bond donors (Lipinski definition) is 1. The maximum atomic E-state index is 3.67. The zero-order valence-corrected chi connectivity index (χ0v) is 13.1. The molecule has 1 N–H and O–H groups in total. The molecule has 2 heteroatoms. The standard InChI is InChI=1S/C16H27NS/c1-5-17-15(16(2,3)4)14-11-12-9-7-6-8-10-13(12)18-14/h11,15,17H,5-10H2,1-4H3. The third-order valence-electron chi connectivity index (χ3n) is 3.82. The zero-order chi connectivity index (χ0) is 13.2. The first-order valence-corrected chi connectivity index (χ1v) is 8.19. The highest BCUT2D eigenvalue weighted by Gasteiger charge is 2.28. The Labute approximate surface area is 116 Å². The van der Waals surface area contributed by atoms with Gasteiger partial charge in [0.25, 0.3) is 0 Å². The number of rotatable bonds is 3. The number of thiophene rings is 1. The van der Waals surface area contributed by atoms with Crippen molar-refractivity contribution < 1.29 is 0 Å². The number of hydrogen-bond acceptors (Lipinski definition) is 2. The molecule has 0 aromatic carbocycles. The molecular formula is C16H27NS. The summed E-state index contributed by atoms with van der Waals surface area (Å²) in [6, 6.07) is 2.99. The van der Waals surface area contributed by atoms with Crippen molar-refractivity contribution in [3.05, 3.63) is 21.4 Å². The van der Waals surface area contributed by atoms with E-state index < -0.39 is 0 Å². The molecule has 0 fully saturated rings. The van der Waals surface area contributed by atoms with Crippen molar-refractivity contribution in [2.75, 3.05) is 6.54 Å². The largest absolute Gasteiger partial charge is 0.309 e. The summed E-state index contributed by atoms with van der Waals surface area (Å²) >= 11 is 2.06. The molecule has 0 amide bonds. The molecule has 102 valence electrons. The lowest BCUT2D eigenvalue weighted by molar-refractivity contribution is 0.280. The Kier molecular flexibility index (Phi) is 4.50. The quantitative estimate of drug-likeness (QED) is 0.780. The van der Waals surface area contributed by atoms with Crippen LogP contribution in [0.25, 0.3) is 0 Å². The van der Waals surface area contributed by atoms with Gasteiger partial charge in [0.2, 0.25) is 0 Å². The maximum absolute atomic E-state index is 3.67. The molecular weight excluding hydrogens is 238 g/mol. The molecule has 1 aromatic rings. The summed E-state index contributed by atoms with van der Waals surface area (Å²) in [5.74, 6) is 0. The first-order valence-electron chi connectivity index (χ1n) is 7.37. The minimum Gasteiger partial charge on any atom is -0.309 e. The van der Waals surface area contributed by atoms with Crippen LogP contribution in [-0.4, -0.2) is 6.54 Å². The van der Waals surface area contributed by atoms with Gasteiger partial charge >= 0.3 is 0 Å². The summed E-state index contributed by atoms with van der Waals surface area (Å²) in [4.78, 5) is 3.21. The molecule has 0 aliphatic heterocycles. The van der Waals surface area contributed by atoms with Crippen molar-refractivity contribution >= 4 is 11.3 Å². The van der Waals surface area contributed by atoms with Crippen LogP contribution in [0, 0.1) is 5.41 Å². The van der Waals surface area contributed by atoms with E-state index in [0.717, 1.165) is 6.54 Å². The van der Waals surface area contributed by atoms with Crippen LogP contribution < -0.4 is 5.32 Å². The molecule has 1 heterocycles. The smallest absolute Gasteiger partial charge is 0.0464 e. The van der Waals surface area contributed by atoms with Gasteiger partial charge in [-0.1, -0.05) is 34.1 Å². The van der Waals surface area contributed by atoms with Crippen molar-refractivity contribution in [1.82, 2.24) is 5.32 Å². The molecule has 0 saturated heterocycles. The summed E-state index contributed by atoms with van der Waals surface area (Å²) in [7, 11) is 0. The van der Waals surface area contributed by atoms with Crippen LogP contribution >= 0.6 is 11.3 Å². The van der Waals surface area contributed by atoms with Crippen LogP contribution in [-0.2, 0) is 12.8 Å². The topological polar surface area (TPSA) is 12.0 Å². The molecule has 0 spiro atoms. The predicted molar refractivity (Wildman–Crippen MR) is 81.5 cm³/mol. The molecule has 0 radical (unpaired) electrons. The van der Waals surface area contributed by atoms with Crippen molar-refractivity contribution in [3.8, 4) is 0 Å². The Balaban J connectivity index is 2.26. The van der Waals surface area contributed by atoms with E-state index in [2.05, 4.69) is 50.4 Å². The molecule has 1 aromatic heterocycles. The fourth-order valence-electron chi connectivity index (χ4n) is 2.87. The normalized spacial score (nSPS) is 18.2. The summed E-state index contributed by atoms with van der Waals surface area (Å²) in [6.07, 6.45) is 6.78. The van der Waals surface area contributed by atoms with Crippen molar-refractivity contribution in [2.24, 2.45) is 5.41 Å². The average Bonchev–Trinajstić information content (AvgIpc) is 2.55. The lowest BCUT2D eigenvalue weighted by atomic mass is 9.85. The highest BCUT2D eigenvalue weighted by molar-refractivity contribution is 7.12. The van der Waals surface area contributed by atoms with Gasteiger partial charge in [0.05, 0.1) is 0 Å². The SMILES string of the molecule is CCNC(c1cc2c(s1)CCCCC2)C(C)(C)C. The molecule has 0 saturated carbocycles. The van der Waals surface area contributed by atoms with Gasteiger partial charge in [0.1, 0.15) is 0 Å². The summed E-state index contributed by atoms with van der Waals surface area (Å²) in [5, 5.41) is 3.67. The van der Waals surface area contributed by atoms with Crippen molar-refractivity contribution in [3.63, 3.8) is 0 Å². The number of fused-ring (bicyclic) bond motifs is 1. The Morgan fingerprint density at radius 3 is 2.61 bits per heavy atom. The van der Waals surface area contributed by atoms with E-state index in [-0.39, 0.29) is 0 Å². The van der Waals surface area contributed by atoms with E-state index in [0.29, 0.717) is 11.5 Å². The third kappa shape index (κ3) is 3.16.